The number of aliphatic imine (C=N–C) groups is 1. The molecule has 0 aromatic heterocycles. The van der Waals surface area contributed by atoms with E-state index in [2.05, 4.69) is 4.99 Å². The van der Waals surface area contributed by atoms with E-state index < -0.39 is 6.04 Å². The van der Waals surface area contributed by atoms with E-state index in [0.29, 0.717) is 28.7 Å². The van der Waals surface area contributed by atoms with Crippen LogP contribution in [-0.2, 0) is 4.79 Å². The van der Waals surface area contributed by atoms with Gasteiger partial charge in [0.1, 0.15) is 6.04 Å². The largest absolute Gasteiger partial charge is 0.402 e. The fourth-order valence-corrected chi connectivity index (χ4v) is 2.75. The van der Waals surface area contributed by atoms with E-state index in [9.17, 15) is 4.79 Å². The van der Waals surface area contributed by atoms with Crippen LogP contribution in [0.4, 0.5) is 5.69 Å². The number of amides is 1. The van der Waals surface area contributed by atoms with Crippen LogP contribution in [0.1, 0.15) is 27.2 Å². The number of hydrogen-bond donors (Lipinski definition) is 1. The summed E-state index contributed by atoms with van der Waals surface area (Å²) in [7, 11) is 0. The first kappa shape index (κ1) is 17.8. The van der Waals surface area contributed by atoms with Crippen molar-refractivity contribution in [3.63, 3.8) is 0 Å². The Labute approximate surface area is 147 Å². The number of rotatable bonds is 3. The Kier molecular flexibility index (Phi) is 5.37. The molecule has 1 aromatic rings. The highest BCUT2D eigenvalue weighted by Gasteiger charge is 2.32. The highest BCUT2D eigenvalue weighted by molar-refractivity contribution is 6.35. The first-order valence-electron chi connectivity index (χ1n) is 7.45. The van der Waals surface area contributed by atoms with Crippen LogP contribution in [-0.4, -0.2) is 24.7 Å². The monoisotopic (exact) mass is 353 g/mol. The minimum atomic E-state index is -0.392. The Morgan fingerprint density at radius 2 is 1.91 bits per heavy atom. The summed E-state index contributed by atoms with van der Waals surface area (Å²) in [5, 5.41) is 1.02. The molecule has 1 saturated heterocycles. The molecule has 2 rings (SSSR count). The summed E-state index contributed by atoms with van der Waals surface area (Å²) >= 11 is 12.0. The van der Waals surface area contributed by atoms with Crippen LogP contribution in [0.15, 0.2) is 35.0 Å². The lowest BCUT2D eigenvalue weighted by molar-refractivity contribution is -0.118. The Hall–Kier alpha value is -1.52. The Balaban J connectivity index is 2.10. The maximum absolute atomic E-state index is 12.5. The minimum absolute atomic E-state index is 0.0534. The molecule has 1 aliphatic heterocycles. The van der Waals surface area contributed by atoms with Gasteiger partial charge in [-0.25, -0.2) is 0 Å². The molecule has 124 valence electrons. The van der Waals surface area contributed by atoms with Crippen molar-refractivity contribution in [1.29, 1.82) is 0 Å². The highest BCUT2D eigenvalue weighted by Crippen LogP contribution is 2.29. The zero-order valence-electron chi connectivity index (χ0n) is 13.5. The quantitative estimate of drug-likeness (QED) is 0.833. The summed E-state index contributed by atoms with van der Waals surface area (Å²) in [6.45, 7) is 6.67. The van der Waals surface area contributed by atoms with E-state index in [1.807, 2.05) is 20.8 Å². The Bertz CT molecular complexity index is 642. The van der Waals surface area contributed by atoms with E-state index >= 15 is 0 Å². The van der Waals surface area contributed by atoms with Gasteiger partial charge in [0.25, 0.3) is 5.91 Å². The summed E-state index contributed by atoms with van der Waals surface area (Å²) in [5.41, 5.74) is 7.28. The third-order valence-electron chi connectivity index (χ3n) is 3.72. The van der Waals surface area contributed by atoms with Crippen LogP contribution >= 0.6 is 23.2 Å². The van der Waals surface area contributed by atoms with Gasteiger partial charge in [-0.05, 0) is 30.7 Å². The smallest absolute Gasteiger partial charge is 0.251 e. The van der Waals surface area contributed by atoms with Crippen molar-refractivity contribution in [3.8, 4) is 0 Å². The van der Waals surface area contributed by atoms with Crippen molar-refractivity contribution in [3.05, 3.63) is 40.0 Å². The molecule has 1 aliphatic rings. The number of halogens is 2. The highest BCUT2D eigenvalue weighted by atomic mass is 35.5. The van der Waals surface area contributed by atoms with Crippen LogP contribution in [0.5, 0.6) is 0 Å². The normalized spacial score (nSPS) is 19.9. The van der Waals surface area contributed by atoms with E-state index in [1.54, 1.807) is 35.4 Å². The van der Waals surface area contributed by atoms with Crippen LogP contribution in [0.3, 0.4) is 0 Å². The molecule has 23 heavy (non-hydrogen) atoms. The number of nitrogens with two attached hydrogens (primary N) is 1. The lowest BCUT2D eigenvalue weighted by Crippen LogP contribution is -2.28. The van der Waals surface area contributed by atoms with E-state index in [1.165, 1.54) is 0 Å². The fraction of sp³-hybridized carbons (Fsp3) is 0.412. The summed E-state index contributed by atoms with van der Waals surface area (Å²) in [6.07, 6.45) is 4.03. The maximum Gasteiger partial charge on any atom is 0.251 e. The fourth-order valence-electron chi connectivity index (χ4n) is 2.23. The lowest BCUT2D eigenvalue weighted by atomic mass is 9.92. The third kappa shape index (κ3) is 4.49. The number of anilines is 1. The second-order valence-corrected chi connectivity index (χ2v) is 7.47. The topological polar surface area (TPSA) is 58.7 Å². The molecular weight excluding hydrogens is 333 g/mol. The number of hydrogen-bond acceptors (Lipinski definition) is 3. The van der Waals surface area contributed by atoms with Gasteiger partial charge >= 0.3 is 0 Å². The molecule has 1 heterocycles. The molecule has 2 N–H and O–H groups in total. The van der Waals surface area contributed by atoms with E-state index in [-0.39, 0.29) is 11.3 Å². The van der Waals surface area contributed by atoms with Crippen LogP contribution in [0.2, 0.25) is 10.0 Å². The number of benzene rings is 1. The van der Waals surface area contributed by atoms with Gasteiger partial charge in [-0.1, -0.05) is 44.0 Å². The van der Waals surface area contributed by atoms with Gasteiger partial charge in [-0.2, -0.15) is 0 Å². The molecule has 1 atom stereocenters. The molecule has 1 unspecified atom stereocenters. The van der Waals surface area contributed by atoms with Crippen LogP contribution in [0, 0.1) is 5.41 Å². The van der Waals surface area contributed by atoms with Crippen molar-refractivity contribution in [1.82, 2.24) is 0 Å². The predicted octanol–water partition coefficient (Wildman–Crippen LogP) is 4.06. The number of carbonyl (C=O) groups excluding carboxylic acids is 1. The standard InChI is InChI=1S/C17H21Cl2N3O/c1-17(2,3)15(20)4-6-21-14-5-7-22(16(14)23)13-9-11(18)8-12(19)10-13/h4,6,8-10,14H,5,7,20H2,1-3H3. The molecular formula is C17H21Cl2N3O. The van der Waals surface area contributed by atoms with Crippen molar-refractivity contribution < 1.29 is 4.79 Å². The minimum Gasteiger partial charge on any atom is -0.402 e. The maximum atomic E-state index is 12.5. The molecule has 0 aliphatic carbocycles. The van der Waals surface area contributed by atoms with Gasteiger partial charge in [-0.15, -0.1) is 0 Å². The first-order valence-corrected chi connectivity index (χ1v) is 8.21. The second kappa shape index (κ2) is 6.93. The van der Waals surface area contributed by atoms with Gasteiger partial charge in [0.05, 0.1) is 0 Å². The Morgan fingerprint density at radius 3 is 2.48 bits per heavy atom. The van der Waals surface area contributed by atoms with Gasteiger partial charge in [0.2, 0.25) is 0 Å². The third-order valence-corrected chi connectivity index (χ3v) is 4.16. The molecule has 1 fully saturated rings. The van der Waals surface area contributed by atoms with Gasteiger partial charge in [0.15, 0.2) is 0 Å². The molecule has 1 aromatic carbocycles. The van der Waals surface area contributed by atoms with Crippen molar-refractivity contribution in [2.45, 2.75) is 33.2 Å². The summed E-state index contributed by atoms with van der Waals surface area (Å²) in [4.78, 5) is 18.5. The zero-order chi connectivity index (χ0) is 17.2. The van der Waals surface area contributed by atoms with E-state index in [4.69, 9.17) is 28.9 Å². The second-order valence-electron chi connectivity index (χ2n) is 6.59. The van der Waals surface area contributed by atoms with Gasteiger partial charge < -0.3 is 10.6 Å². The number of carbonyl (C=O) groups is 1. The summed E-state index contributed by atoms with van der Waals surface area (Å²) in [5.74, 6) is -0.0534. The predicted molar refractivity (Wildman–Crippen MR) is 97.4 cm³/mol. The van der Waals surface area contributed by atoms with Crippen LogP contribution in [0.25, 0.3) is 0 Å². The SMILES string of the molecule is CC(C)(C)C(N)=CC=NC1CCN(c2cc(Cl)cc(Cl)c2)C1=O. The molecule has 1 amide bonds. The van der Waals surface area contributed by atoms with Crippen molar-refractivity contribution in [2.24, 2.45) is 16.1 Å². The average molecular weight is 354 g/mol. The number of nitrogens with zero attached hydrogens (tertiary/aromatic N) is 2. The summed E-state index contributed by atoms with van der Waals surface area (Å²) < 4.78 is 0. The molecule has 0 radical (unpaired) electrons. The molecule has 6 heteroatoms. The van der Waals surface area contributed by atoms with Crippen LogP contribution < -0.4 is 10.6 Å². The lowest BCUT2D eigenvalue weighted by Gasteiger charge is -2.18. The van der Waals surface area contributed by atoms with Gasteiger partial charge in [-0.3, -0.25) is 9.79 Å². The molecule has 0 bridgehead atoms. The first-order chi connectivity index (χ1) is 10.7. The van der Waals surface area contributed by atoms with Gasteiger partial charge in [0, 0.05) is 39.6 Å². The van der Waals surface area contributed by atoms with Crippen molar-refractivity contribution >= 4 is 41.0 Å². The van der Waals surface area contributed by atoms with Crippen molar-refractivity contribution in [2.75, 3.05) is 11.4 Å². The Morgan fingerprint density at radius 1 is 1.30 bits per heavy atom. The molecule has 4 nitrogen and oxygen atoms in total. The summed E-state index contributed by atoms with van der Waals surface area (Å²) in [6, 6.07) is 4.71. The zero-order valence-corrected chi connectivity index (χ0v) is 15.0. The molecule has 0 spiro atoms. The average Bonchev–Trinajstić information content (AvgIpc) is 2.78. The number of allylic oxidation sites excluding steroid dienone is 2. The van der Waals surface area contributed by atoms with E-state index in [0.717, 1.165) is 5.70 Å². The molecule has 0 saturated carbocycles.